The van der Waals surface area contributed by atoms with Crippen LogP contribution in [-0.2, 0) is 12.2 Å². The van der Waals surface area contributed by atoms with E-state index in [2.05, 4.69) is 0 Å². The second-order valence-electron chi connectivity index (χ2n) is 2.52. The maximum atomic E-state index is 12.6. The van der Waals surface area contributed by atoms with Crippen molar-refractivity contribution in [3.8, 4) is 0 Å². The van der Waals surface area contributed by atoms with Crippen molar-refractivity contribution in [3.63, 3.8) is 0 Å². The molecule has 0 heterocycles. The van der Waals surface area contributed by atoms with E-state index in [9.17, 15) is 8.78 Å². The Morgan fingerprint density at radius 2 is 1.64 bits per heavy atom. The van der Waals surface area contributed by atoms with Crippen LogP contribution in [0.2, 0.25) is 0 Å². The van der Waals surface area contributed by atoms with Crippen molar-refractivity contribution in [2.75, 3.05) is 0 Å². The zero-order valence-corrected chi connectivity index (χ0v) is 9.58. The summed E-state index contributed by atoms with van der Waals surface area (Å²) in [4.78, 5) is 0. The minimum absolute atomic E-state index is 0.00954. The highest BCUT2D eigenvalue weighted by Crippen LogP contribution is 2.34. The van der Waals surface area contributed by atoms with Gasteiger partial charge < -0.3 is 5.73 Å². The molecule has 80 valence electrons. The predicted molar refractivity (Wildman–Crippen MR) is 59.3 cm³/mol. The van der Waals surface area contributed by atoms with Crippen molar-refractivity contribution < 1.29 is 8.78 Å². The Bertz CT molecular complexity index is 254. The molecular formula is C10H16F2NP. The predicted octanol–water partition coefficient (Wildman–Crippen LogP) is 3.10. The number of nitrogens with two attached hydrogens (primary N) is 1. The minimum Gasteiger partial charge on any atom is -0.326 e. The van der Waals surface area contributed by atoms with E-state index in [1.165, 1.54) is 21.4 Å². The van der Waals surface area contributed by atoms with Gasteiger partial charge >= 0.3 is 0 Å². The molecule has 1 aromatic rings. The lowest BCUT2D eigenvalue weighted by Crippen LogP contribution is -2.03. The average Bonchev–Trinajstić information content (AvgIpc) is 2.20. The van der Waals surface area contributed by atoms with Crippen LogP contribution in [0.5, 0.6) is 0 Å². The lowest BCUT2D eigenvalue weighted by atomic mass is 10.1. The second kappa shape index (κ2) is 6.05. The average molecular weight is 219 g/mol. The lowest BCUT2D eigenvalue weighted by Gasteiger charge is -2.10. The van der Waals surface area contributed by atoms with Crippen LogP contribution in [0.4, 0.5) is 8.78 Å². The first-order chi connectivity index (χ1) is 6.54. The second-order valence-corrected chi connectivity index (χ2v) is 3.25. The van der Waals surface area contributed by atoms with Crippen molar-refractivity contribution >= 4 is 9.24 Å². The van der Waals surface area contributed by atoms with Crippen molar-refractivity contribution in [2.45, 2.75) is 26.1 Å². The largest absolute Gasteiger partial charge is 0.326 e. The fourth-order valence-corrected chi connectivity index (χ4v) is 1.06. The highest BCUT2D eigenvalue weighted by Gasteiger charge is 2.23. The molecule has 0 saturated heterocycles. The molecule has 0 aliphatic carbocycles. The zero-order chi connectivity index (χ0) is 11.2. The van der Waals surface area contributed by atoms with E-state index in [4.69, 9.17) is 5.73 Å². The van der Waals surface area contributed by atoms with E-state index in [1.54, 1.807) is 12.1 Å². The van der Waals surface area contributed by atoms with Crippen molar-refractivity contribution in [3.05, 3.63) is 35.4 Å². The zero-order valence-electron chi connectivity index (χ0n) is 8.43. The van der Waals surface area contributed by atoms with E-state index in [1.807, 2.05) is 13.8 Å². The third-order valence-electron chi connectivity index (χ3n) is 1.57. The maximum absolute atomic E-state index is 12.6. The molecule has 0 bridgehead atoms. The van der Waals surface area contributed by atoms with Gasteiger partial charge in [0.25, 0.3) is 5.66 Å². The SMILES string of the molecule is CC.NCc1ccc(C(F)(F)P)cc1. The smallest absolute Gasteiger partial charge is 0.283 e. The molecule has 0 radical (unpaired) electrons. The van der Waals surface area contributed by atoms with Gasteiger partial charge in [-0.1, -0.05) is 47.4 Å². The molecule has 14 heavy (non-hydrogen) atoms. The first kappa shape index (κ1) is 13.5. The van der Waals surface area contributed by atoms with E-state index in [0.29, 0.717) is 6.54 Å². The van der Waals surface area contributed by atoms with Crippen molar-refractivity contribution in [2.24, 2.45) is 5.73 Å². The Kier molecular flexibility index (Phi) is 5.82. The van der Waals surface area contributed by atoms with Gasteiger partial charge in [-0.2, -0.15) is 8.78 Å². The third kappa shape index (κ3) is 4.12. The Balaban J connectivity index is 0.000000791. The Morgan fingerprint density at radius 1 is 1.21 bits per heavy atom. The molecule has 0 saturated carbocycles. The summed E-state index contributed by atoms with van der Waals surface area (Å²) in [5, 5.41) is 0. The summed E-state index contributed by atoms with van der Waals surface area (Å²) in [6.07, 6.45) is 0. The summed E-state index contributed by atoms with van der Waals surface area (Å²) >= 11 is 0. The van der Waals surface area contributed by atoms with E-state index >= 15 is 0 Å². The van der Waals surface area contributed by atoms with Crippen molar-refractivity contribution in [1.29, 1.82) is 0 Å². The van der Waals surface area contributed by atoms with Crippen LogP contribution in [0.1, 0.15) is 25.0 Å². The van der Waals surface area contributed by atoms with Gasteiger partial charge in [-0.3, -0.25) is 0 Å². The standard InChI is InChI=1S/C8H10F2NP.C2H6/c9-8(10,12)7-3-1-6(5-11)2-4-7;1-2/h1-4H,5,11-12H2;1-2H3. The molecule has 0 amide bonds. The molecule has 1 rings (SSSR count). The fourth-order valence-electron chi connectivity index (χ4n) is 0.863. The first-order valence-corrected chi connectivity index (χ1v) is 5.08. The monoisotopic (exact) mass is 219 g/mol. The molecule has 1 atom stereocenters. The van der Waals surface area contributed by atoms with Gasteiger partial charge in [0.15, 0.2) is 0 Å². The van der Waals surface area contributed by atoms with Crippen LogP contribution in [0, 0.1) is 0 Å². The van der Waals surface area contributed by atoms with Gasteiger partial charge in [0.1, 0.15) is 0 Å². The molecule has 0 aliphatic heterocycles. The van der Waals surface area contributed by atoms with Gasteiger partial charge in [0.05, 0.1) is 0 Å². The molecule has 4 heteroatoms. The summed E-state index contributed by atoms with van der Waals surface area (Å²) in [6.45, 7) is 4.38. The number of hydrogen-bond donors (Lipinski definition) is 1. The van der Waals surface area contributed by atoms with Crippen LogP contribution in [-0.4, -0.2) is 0 Å². The summed E-state index contributed by atoms with van der Waals surface area (Å²) in [6, 6.07) is 5.98. The molecule has 0 fully saturated rings. The number of alkyl halides is 2. The van der Waals surface area contributed by atoms with E-state index in [-0.39, 0.29) is 5.56 Å². The molecule has 1 aromatic carbocycles. The molecule has 0 spiro atoms. The number of rotatable bonds is 2. The Hall–Kier alpha value is -0.530. The first-order valence-electron chi connectivity index (χ1n) is 4.50. The lowest BCUT2D eigenvalue weighted by molar-refractivity contribution is 0.104. The van der Waals surface area contributed by atoms with Gasteiger partial charge in [-0.15, -0.1) is 0 Å². The number of hydrogen-bond acceptors (Lipinski definition) is 1. The molecule has 0 aromatic heterocycles. The summed E-state index contributed by atoms with van der Waals surface area (Å²) < 4.78 is 25.2. The third-order valence-corrected chi connectivity index (χ3v) is 1.91. The highest BCUT2D eigenvalue weighted by atomic mass is 31.0. The normalized spacial score (nSPS) is 10.4. The molecule has 0 aliphatic rings. The molecular weight excluding hydrogens is 203 g/mol. The fraction of sp³-hybridized carbons (Fsp3) is 0.400. The summed E-state index contributed by atoms with van der Waals surface area (Å²) in [5.74, 6) is 0. The summed E-state index contributed by atoms with van der Waals surface area (Å²) in [5.41, 5.74) is 3.32. The molecule has 2 N–H and O–H groups in total. The van der Waals surface area contributed by atoms with Crippen LogP contribution >= 0.6 is 9.24 Å². The minimum atomic E-state index is -2.84. The van der Waals surface area contributed by atoms with Crippen LogP contribution in [0.3, 0.4) is 0 Å². The Labute approximate surface area is 85.9 Å². The van der Waals surface area contributed by atoms with E-state index in [0.717, 1.165) is 5.56 Å². The van der Waals surface area contributed by atoms with Gasteiger partial charge in [0, 0.05) is 12.1 Å². The molecule has 1 unspecified atom stereocenters. The van der Waals surface area contributed by atoms with Gasteiger partial charge in [0.2, 0.25) is 0 Å². The van der Waals surface area contributed by atoms with Crippen LogP contribution in [0.15, 0.2) is 24.3 Å². The topological polar surface area (TPSA) is 26.0 Å². The van der Waals surface area contributed by atoms with E-state index < -0.39 is 5.66 Å². The van der Waals surface area contributed by atoms with Crippen LogP contribution < -0.4 is 5.73 Å². The van der Waals surface area contributed by atoms with Crippen molar-refractivity contribution in [1.82, 2.24) is 0 Å². The molecule has 1 nitrogen and oxygen atoms in total. The summed E-state index contributed by atoms with van der Waals surface area (Å²) in [7, 11) is 1.50. The van der Waals surface area contributed by atoms with Gasteiger partial charge in [-0.05, 0) is 5.56 Å². The quantitative estimate of drug-likeness (QED) is 0.760. The number of halogens is 2. The highest BCUT2D eigenvalue weighted by molar-refractivity contribution is 7.17. The number of benzene rings is 1. The Morgan fingerprint density at radius 3 is 1.93 bits per heavy atom. The van der Waals surface area contributed by atoms with Crippen LogP contribution in [0.25, 0.3) is 0 Å². The maximum Gasteiger partial charge on any atom is 0.283 e. The van der Waals surface area contributed by atoms with Gasteiger partial charge in [-0.25, -0.2) is 0 Å².